The Kier molecular flexibility index (Phi) is 7.63. The Hall–Kier alpha value is -4.51. The van der Waals surface area contributed by atoms with Crippen LogP contribution < -0.4 is 25.0 Å². The van der Waals surface area contributed by atoms with E-state index in [1.807, 2.05) is 0 Å². The molecule has 3 aromatic rings. The first-order chi connectivity index (χ1) is 17.7. The van der Waals surface area contributed by atoms with Gasteiger partial charge in [-0.2, -0.15) is 0 Å². The van der Waals surface area contributed by atoms with Crippen molar-refractivity contribution in [1.82, 2.24) is 5.32 Å². The third kappa shape index (κ3) is 6.01. The number of hydrogen-bond donors (Lipinski definition) is 2. The standard InChI is InChI=1S/C26H19BrFN3O6/c1-36-20-9-7-19(8-10-20)31-25(34)21(24(33)30-26(31)35)13-15-12-16(27)2-11-22(15)37-14-23(32)29-18-5-3-17(28)4-6-18/h2-13H,14H2,1H3,(H,29,32)(H,30,33,35)/b21-13+. The minimum atomic E-state index is -0.888. The fourth-order valence-corrected chi connectivity index (χ4v) is 3.79. The normalized spacial score (nSPS) is 14.4. The summed E-state index contributed by atoms with van der Waals surface area (Å²) in [5.41, 5.74) is 0.631. The molecule has 0 spiro atoms. The number of benzene rings is 3. The van der Waals surface area contributed by atoms with Crippen LogP contribution in [0, 0.1) is 5.82 Å². The van der Waals surface area contributed by atoms with E-state index in [-0.39, 0.29) is 17.0 Å². The molecule has 3 aromatic carbocycles. The van der Waals surface area contributed by atoms with E-state index in [1.54, 1.807) is 30.3 Å². The maximum atomic E-state index is 13.2. The Balaban J connectivity index is 1.57. The predicted octanol–water partition coefficient (Wildman–Crippen LogP) is 4.28. The van der Waals surface area contributed by atoms with Crippen LogP contribution in [0.4, 0.5) is 20.6 Å². The molecule has 1 saturated heterocycles. The van der Waals surface area contributed by atoms with Crippen molar-refractivity contribution in [2.45, 2.75) is 0 Å². The van der Waals surface area contributed by atoms with Crippen molar-refractivity contribution < 1.29 is 33.0 Å². The number of nitrogens with zero attached hydrogens (tertiary/aromatic N) is 1. The number of anilines is 2. The second kappa shape index (κ2) is 11.0. The van der Waals surface area contributed by atoms with E-state index in [4.69, 9.17) is 9.47 Å². The smallest absolute Gasteiger partial charge is 0.335 e. The van der Waals surface area contributed by atoms with Gasteiger partial charge >= 0.3 is 6.03 Å². The minimum absolute atomic E-state index is 0.207. The number of nitrogens with one attached hydrogen (secondary N) is 2. The van der Waals surface area contributed by atoms with Gasteiger partial charge in [-0.25, -0.2) is 14.1 Å². The molecule has 0 atom stereocenters. The van der Waals surface area contributed by atoms with Crippen LogP contribution in [0.2, 0.25) is 0 Å². The van der Waals surface area contributed by atoms with E-state index in [0.29, 0.717) is 21.5 Å². The van der Waals surface area contributed by atoms with Gasteiger partial charge in [-0.05, 0) is 72.8 Å². The highest BCUT2D eigenvalue weighted by atomic mass is 79.9. The summed E-state index contributed by atoms with van der Waals surface area (Å²) in [7, 11) is 1.48. The maximum Gasteiger partial charge on any atom is 0.335 e. The topological polar surface area (TPSA) is 114 Å². The number of amides is 5. The number of methoxy groups -OCH3 is 1. The summed E-state index contributed by atoms with van der Waals surface area (Å²) in [4.78, 5) is 51.4. The Morgan fingerprint density at radius 1 is 1.05 bits per heavy atom. The molecule has 9 nitrogen and oxygen atoms in total. The number of carbonyl (C=O) groups excluding carboxylic acids is 4. The second-order valence-electron chi connectivity index (χ2n) is 7.68. The molecular formula is C26H19BrFN3O6. The molecule has 2 N–H and O–H groups in total. The number of barbiturate groups is 1. The third-order valence-corrected chi connectivity index (χ3v) is 5.68. The quantitative estimate of drug-likeness (QED) is 0.325. The molecular weight excluding hydrogens is 549 g/mol. The van der Waals surface area contributed by atoms with E-state index in [1.165, 1.54) is 49.6 Å². The van der Waals surface area contributed by atoms with Crippen molar-refractivity contribution in [3.63, 3.8) is 0 Å². The van der Waals surface area contributed by atoms with Crippen molar-refractivity contribution in [1.29, 1.82) is 0 Å². The van der Waals surface area contributed by atoms with Crippen molar-refractivity contribution in [2.24, 2.45) is 0 Å². The molecule has 0 bridgehead atoms. The van der Waals surface area contributed by atoms with Crippen LogP contribution in [0.25, 0.3) is 6.08 Å². The fourth-order valence-electron chi connectivity index (χ4n) is 3.42. The molecule has 0 aliphatic carbocycles. The Morgan fingerprint density at radius 2 is 1.76 bits per heavy atom. The number of hydrogen-bond acceptors (Lipinski definition) is 6. The number of rotatable bonds is 7. The van der Waals surface area contributed by atoms with Gasteiger partial charge < -0.3 is 14.8 Å². The largest absolute Gasteiger partial charge is 0.497 e. The second-order valence-corrected chi connectivity index (χ2v) is 8.60. The van der Waals surface area contributed by atoms with Gasteiger partial charge in [0, 0.05) is 15.7 Å². The number of halogens is 2. The predicted molar refractivity (Wildman–Crippen MR) is 137 cm³/mol. The SMILES string of the molecule is COc1ccc(N2C(=O)NC(=O)/C(=C\c3cc(Br)ccc3OCC(=O)Nc3ccc(F)cc3)C2=O)cc1. The average molecular weight is 568 g/mol. The van der Waals surface area contributed by atoms with Gasteiger partial charge in [-0.15, -0.1) is 0 Å². The molecule has 0 saturated carbocycles. The van der Waals surface area contributed by atoms with E-state index in [2.05, 4.69) is 26.6 Å². The third-order valence-electron chi connectivity index (χ3n) is 5.19. The van der Waals surface area contributed by atoms with Gasteiger partial charge in [0.05, 0.1) is 12.8 Å². The lowest BCUT2D eigenvalue weighted by Crippen LogP contribution is -2.54. The summed E-state index contributed by atoms with van der Waals surface area (Å²) in [6.45, 7) is -0.397. The van der Waals surface area contributed by atoms with Crippen LogP contribution in [-0.4, -0.2) is 37.5 Å². The highest BCUT2D eigenvalue weighted by Crippen LogP contribution is 2.29. The van der Waals surface area contributed by atoms with E-state index in [9.17, 15) is 23.6 Å². The number of ether oxygens (including phenoxy) is 2. The van der Waals surface area contributed by atoms with Gasteiger partial charge in [0.2, 0.25) is 0 Å². The number of urea groups is 1. The van der Waals surface area contributed by atoms with Crippen molar-refractivity contribution in [3.05, 3.63) is 88.2 Å². The first-order valence-electron chi connectivity index (χ1n) is 10.8. The zero-order valence-corrected chi connectivity index (χ0v) is 20.9. The Morgan fingerprint density at radius 3 is 2.43 bits per heavy atom. The lowest BCUT2D eigenvalue weighted by Gasteiger charge is -2.26. The highest BCUT2D eigenvalue weighted by molar-refractivity contribution is 9.10. The van der Waals surface area contributed by atoms with Crippen molar-refractivity contribution in [2.75, 3.05) is 23.9 Å². The van der Waals surface area contributed by atoms with Crippen LogP contribution in [0.5, 0.6) is 11.5 Å². The van der Waals surface area contributed by atoms with Crippen LogP contribution in [0.1, 0.15) is 5.56 Å². The summed E-state index contributed by atoms with van der Waals surface area (Å²) in [6, 6.07) is 15.3. The first kappa shape index (κ1) is 25.6. The molecule has 11 heteroatoms. The van der Waals surface area contributed by atoms with Gasteiger partial charge in [0.1, 0.15) is 22.9 Å². The zero-order chi connectivity index (χ0) is 26.5. The highest BCUT2D eigenvalue weighted by Gasteiger charge is 2.37. The first-order valence-corrected chi connectivity index (χ1v) is 11.6. The average Bonchev–Trinajstić information content (AvgIpc) is 2.87. The van der Waals surface area contributed by atoms with Crippen LogP contribution in [0.15, 0.2) is 76.8 Å². The molecule has 1 aliphatic heterocycles. The molecule has 188 valence electrons. The molecule has 0 unspecified atom stereocenters. The number of carbonyl (C=O) groups is 4. The molecule has 0 radical (unpaired) electrons. The van der Waals surface area contributed by atoms with Gasteiger partial charge in [-0.3, -0.25) is 19.7 Å². The molecule has 4 rings (SSSR count). The van der Waals surface area contributed by atoms with Crippen LogP contribution in [-0.2, 0) is 14.4 Å². The molecule has 1 heterocycles. The minimum Gasteiger partial charge on any atom is -0.497 e. The van der Waals surface area contributed by atoms with Gasteiger partial charge in [-0.1, -0.05) is 15.9 Å². The molecule has 1 aliphatic rings. The molecule has 37 heavy (non-hydrogen) atoms. The lowest BCUT2D eigenvalue weighted by atomic mass is 10.1. The number of imide groups is 2. The van der Waals surface area contributed by atoms with E-state index >= 15 is 0 Å². The van der Waals surface area contributed by atoms with E-state index < -0.39 is 36.2 Å². The molecule has 5 amide bonds. The van der Waals surface area contributed by atoms with Crippen LogP contribution >= 0.6 is 15.9 Å². The van der Waals surface area contributed by atoms with Crippen molar-refractivity contribution in [3.8, 4) is 11.5 Å². The van der Waals surface area contributed by atoms with Gasteiger partial charge in [0.15, 0.2) is 6.61 Å². The molecule has 0 aromatic heterocycles. The Bertz CT molecular complexity index is 1410. The fraction of sp³-hybridized carbons (Fsp3) is 0.0769. The maximum absolute atomic E-state index is 13.2. The Labute approximate surface area is 219 Å². The zero-order valence-electron chi connectivity index (χ0n) is 19.3. The summed E-state index contributed by atoms with van der Waals surface area (Å²) in [5.74, 6) is -1.91. The summed E-state index contributed by atoms with van der Waals surface area (Å²) in [5, 5.41) is 4.73. The molecule has 1 fully saturated rings. The summed E-state index contributed by atoms with van der Waals surface area (Å²) < 4.78 is 24.4. The van der Waals surface area contributed by atoms with Gasteiger partial charge in [0.25, 0.3) is 17.7 Å². The lowest BCUT2D eigenvalue weighted by molar-refractivity contribution is -0.122. The van der Waals surface area contributed by atoms with E-state index in [0.717, 1.165) is 4.90 Å². The monoisotopic (exact) mass is 567 g/mol. The van der Waals surface area contributed by atoms with Crippen LogP contribution in [0.3, 0.4) is 0 Å². The van der Waals surface area contributed by atoms with Crippen molar-refractivity contribution >= 4 is 57.1 Å². The summed E-state index contributed by atoms with van der Waals surface area (Å²) in [6.07, 6.45) is 1.28. The summed E-state index contributed by atoms with van der Waals surface area (Å²) >= 11 is 3.34.